The maximum absolute atomic E-state index is 13.4. The number of aryl methyl sites for hydroxylation is 1. The molecule has 26 heavy (non-hydrogen) atoms. The average molecular weight is 365 g/mol. The molecule has 4 rings (SSSR count). The monoisotopic (exact) mass is 364 g/mol. The van der Waals surface area contributed by atoms with E-state index in [0.29, 0.717) is 0 Å². The minimum absolute atomic E-state index is 0.832. The van der Waals surface area contributed by atoms with Crippen molar-refractivity contribution in [1.29, 1.82) is 0 Å². The summed E-state index contributed by atoms with van der Waals surface area (Å²) in [6, 6.07) is 16.2. The molecule has 1 fully saturated rings. The van der Waals surface area contributed by atoms with Crippen molar-refractivity contribution in [1.82, 2.24) is 4.98 Å². The van der Waals surface area contributed by atoms with E-state index in [9.17, 15) is 4.55 Å². The van der Waals surface area contributed by atoms with Crippen LogP contribution in [-0.4, -0.2) is 22.6 Å². The lowest BCUT2D eigenvalue weighted by atomic mass is 10.0. The van der Waals surface area contributed by atoms with Crippen LogP contribution in [0.3, 0.4) is 0 Å². The van der Waals surface area contributed by atoms with Crippen molar-refractivity contribution < 1.29 is 4.55 Å². The molecule has 1 atom stereocenters. The van der Waals surface area contributed by atoms with Gasteiger partial charge >= 0.3 is 0 Å². The molecule has 0 bridgehead atoms. The summed E-state index contributed by atoms with van der Waals surface area (Å²) in [7, 11) is 0. The Morgan fingerprint density at radius 2 is 1.81 bits per heavy atom. The van der Waals surface area contributed by atoms with Crippen LogP contribution in [0.2, 0.25) is 0 Å². The molecular formula is C22H24N2OS. The van der Waals surface area contributed by atoms with Gasteiger partial charge in [0.25, 0.3) is 0 Å². The van der Waals surface area contributed by atoms with Crippen LogP contribution >= 0.6 is 0 Å². The molecule has 4 heteroatoms. The Labute approximate surface area is 158 Å². The Morgan fingerprint density at radius 1 is 1.04 bits per heavy atom. The van der Waals surface area contributed by atoms with Gasteiger partial charge in [-0.3, -0.25) is 4.98 Å². The second kappa shape index (κ2) is 7.68. The maximum Gasteiger partial charge on any atom is 0.200 e. The minimum atomic E-state index is -1.23. The maximum atomic E-state index is 13.4. The van der Waals surface area contributed by atoms with Gasteiger partial charge in [0.05, 0.1) is 11.7 Å². The first-order valence-corrected chi connectivity index (χ1v) is 10.6. The molecule has 2 aromatic carbocycles. The van der Waals surface area contributed by atoms with E-state index in [0.717, 1.165) is 45.9 Å². The Bertz CT molecular complexity index is 891. The molecule has 1 aliphatic heterocycles. The van der Waals surface area contributed by atoms with Crippen molar-refractivity contribution in [3.05, 3.63) is 60.3 Å². The van der Waals surface area contributed by atoms with E-state index < -0.39 is 11.2 Å². The van der Waals surface area contributed by atoms with Crippen LogP contribution in [0.25, 0.3) is 10.9 Å². The predicted molar refractivity (Wildman–Crippen MR) is 108 cm³/mol. The number of aromatic nitrogens is 1. The summed E-state index contributed by atoms with van der Waals surface area (Å²) in [5.74, 6) is 0. The van der Waals surface area contributed by atoms with Crippen LogP contribution in [0.4, 0.5) is 5.69 Å². The van der Waals surface area contributed by atoms with Gasteiger partial charge in [-0.25, -0.2) is 0 Å². The van der Waals surface area contributed by atoms with Crippen molar-refractivity contribution in [3.63, 3.8) is 0 Å². The molecule has 0 amide bonds. The predicted octanol–water partition coefficient (Wildman–Crippen LogP) is 4.95. The standard InChI is InChI=1S/C22H24N2OS/c1-2-17-11-12-20-19(15-17)22(24-13-7-4-8-14-24)21(16-23-20)26(25)18-9-5-3-6-10-18/h3,5-6,9-12,15-16H,2,4,7-8,13-14H2,1H3. The van der Waals surface area contributed by atoms with Crippen molar-refractivity contribution in [2.75, 3.05) is 18.0 Å². The Morgan fingerprint density at radius 3 is 2.54 bits per heavy atom. The van der Waals surface area contributed by atoms with E-state index in [1.54, 1.807) is 0 Å². The SMILES string of the molecule is CCc1ccc2ncc([S+]([O-])c3ccccc3)c(N3CCCCC3)c2c1. The Balaban J connectivity index is 1.90. The van der Waals surface area contributed by atoms with E-state index in [4.69, 9.17) is 0 Å². The summed E-state index contributed by atoms with van der Waals surface area (Å²) in [6.45, 7) is 4.21. The third-order valence-corrected chi connectivity index (χ3v) is 6.51. The fourth-order valence-corrected chi connectivity index (χ4v) is 4.90. The summed E-state index contributed by atoms with van der Waals surface area (Å²) in [4.78, 5) is 8.72. The molecule has 0 radical (unpaired) electrons. The highest BCUT2D eigenvalue weighted by Crippen LogP contribution is 2.37. The van der Waals surface area contributed by atoms with Gasteiger partial charge in [-0.1, -0.05) is 31.2 Å². The quantitative estimate of drug-likeness (QED) is 0.615. The van der Waals surface area contributed by atoms with Crippen LogP contribution in [0, 0.1) is 0 Å². The van der Waals surface area contributed by atoms with E-state index in [1.807, 2.05) is 36.5 Å². The van der Waals surface area contributed by atoms with Crippen LogP contribution in [-0.2, 0) is 17.6 Å². The number of pyridine rings is 1. The summed E-state index contributed by atoms with van der Waals surface area (Å²) in [5.41, 5.74) is 3.39. The smallest absolute Gasteiger partial charge is 0.200 e. The number of piperidine rings is 1. The number of hydrogen-bond donors (Lipinski definition) is 0. The van der Waals surface area contributed by atoms with Crippen LogP contribution in [0.1, 0.15) is 31.7 Å². The summed E-state index contributed by atoms with van der Waals surface area (Å²) in [6.07, 6.45) is 6.46. The van der Waals surface area contributed by atoms with Gasteiger partial charge in [0.2, 0.25) is 4.90 Å². The lowest BCUT2D eigenvalue weighted by Crippen LogP contribution is -2.31. The fourth-order valence-electron chi connectivity index (χ4n) is 3.68. The fraction of sp³-hybridized carbons (Fsp3) is 0.318. The first-order chi connectivity index (χ1) is 12.8. The highest BCUT2D eigenvalue weighted by molar-refractivity contribution is 7.91. The van der Waals surface area contributed by atoms with Crippen LogP contribution in [0.5, 0.6) is 0 Å². The molecule has 1 saturated heterocycles. The van der Waals surface area contributed by atoms with Gasteiger partial charge < -0.3 is 9.45 Å². The summed E-state index contributed by atoms with van der Waals surface area (Å²) < 4.78 is 13.4. The third-order valence-electron chi connectivity index (χ3n) is 5.11. The van der Waals surface area contributed by atoms with E-state index in [-0.39, 0.29) is 0 Å². The molecule has 0 N–H and O–H groups in total. The van der Waals surface area contributed by atoms with Crippen molar-refractivity contribution in [2.45, 2.75) is 42.4 Å². The van der Waals surface area contributed by atoms with Crippen LogP contribution < -0.4 is 4.90 Å². The van der Waals surface area contributed by atoms with Gasteiger partial charge in [-0.05, 0) is 55.5 Å². The highest BCUT2D eigenvalue weighted by atomic mass is 32.2. The van der Waals surface area contributed by atoms with Gasteiger partial charge in [-0.15, -0.1) is 0 Å². The lowest BCUT2D eigenvalue weighted by molar-refractivity contribution is 0.571. The molecule has 1 unspecified atom stereocenters. The molecule has 3 aromatic rings. The molecule has 1 aliphatic rings. The van der Waals surface area contributed by atoms with Gasteiger partial charge in [-0.2, -0.15) is 0 Å². The molecular weight excluding hydrogens is 340 g/mol. The first-order valence-electron chi connectivity index (χ1n) is 9.41. The second-order valence-electron chi connectivity index (χ2n) is 6.81. The van der Waals surface area contributed by atoms with Gasteiger partial charge in [0.1, 0.15) is 5.69 Å². The molecule has 134 valence electrons. The van der Waals surface area contributed by atoms with Gasteiger partial charge in [0, 0.05) is 29.7 Å². The van der Waals surface area contributed by atoms with Crippen LogP contribution in [0.15, 0.2) is 64.5 Å². The zero-order valence-electron chi connectivity index (χ0n) is 15.1. The number of nitrogens with zero attached hydrogens (tertiary/aromatic N) is 2. The van der Waals surface area contributed by atoms with E-state index in [1.165, 1.54) is 24.8 Å². The largest absolute Gasteiger partial charge is 0.606 e. The van der Waals surface area contributed by atoms with Crippen molar-refractivity contribution in [2.24, 2.45) is 0 Å². The normalized spacial score (nSPS) is 16.0. The molecule has 0 spiro atoms. The first kappa shape index (κ1) is 17.4. The Hall–Kier alpha value is -2.04. The number of benzene rings is 2. The number of hydrogen-bond acceptors (Lipinski definition) is 3. The second-order valence-corrected chi connectivity index (χ2v) is 8.25. The zero-order chi connectivity index (χ0) is 17.9. The van der Waals surface area contributed by atoms with Gasteiger partial charge in [0.15, 0.2) is 4.90 Å². The topological polar surface area (TPSA) is 39.2 Å². The summed E-state index contributed by atoms with van der Waals surface area (Å²) in [5, 5.41) is 1.13. The summed E-state index contributed by atoms with van der Waals surface area (Å²) >= 11 is -1.23. The van der Waals surface area contributed by atoms with E-state index in [2.05, 4.69) is 35.0 Å². The minimum Gasteiger partial charge on any atom is -0.606 e. The molecule has 3 nitrogen and oxygen atoms in total. The number of rotatable bonds is 4. The molecule has 1 aromatic heterocycles. The zero-order valence-corrected chi connectivity index (χ0v) is 16.0. The number of fused-ring (bicyclic) bond motifs is 1. The number of anilines is 1. The molecule has 2 heterocycles. The van der Waals surface area contributed by atoms with E-state index >= 15 is 0 Å². The van der Waals surface area contributed by atoms with Crippen molar-refractivity contribution >= 4 is 27.8 Å². The lowest BCUT2D eigenvalue weighted by Gasteiger charge is -2.31. The third kappa shape index (κ3) is 3.31. The Kier molecular flexibility index (Phi) is 5.14. The molecule has 0 saturated carbocycles. The average Bonchev–Trinajstić information content (AvgIpc) is 2.73. The van der Waals surface area contributed by atoms with Crippen molar-refractivity contribution in [3.8, 4) is 0 Å². The highest BCUT2D eigenvalue weighted by Gasteiger charge is 2.26. The molecule has 0 aliphatic carbocycles.